The number of nitrogens with zero attached hydrogens (tertiary/aromatic N) is 8. The lowest BCUT2D eigenvalue weighted by molar-refractivity contribution is 0.0774. The van der Waals surface area contributed by atoms with Crippen LogP contribution in [-0.2, 0) is 40.4 Å². The number of anilines is 3. The zero-order chi connectivity index (χ0) is 53.0. The number of carbonyl (C=O) groups is 3. The molecule has 0 saturated carbocycles. The fourth-order valence-electron chi connectivity index (χ4n) is 8.21. The second-order valence-electron chi connectivity index (χ2n) is 15.6. The molecule has 67 heavy (non-hydrogen) atoms. The molecule has 0 saturated heterocycles. The van der Waals surface area contributed by atoms with Gasteiger partial charge < -0.3 is 39.9 Å². The molecular weight excluding hydrogens is 1000 g/mol. The summed E-state index contributed by atoms with van der Waals surface area (Å²) in [6.45, 7) is -3.89. The zero-order valence-electron chi connectivity index (χ0n) is 41.8. The Bertz CT molecular complexity index is 3530. The van der Waals surface area contributed by atoms with Gasteiger partial charge in [-0.1, -0.05) is 0 Å². The van der Waals surface area contributed by atoms with Gasteiger partial charge in [-0.15, -0.1) is 0 Å². The number of hydrogen-bond acceptors (Lipinski definition) is 8. The lowest BCUT2D eigenvalue weighted by Crippen LogP contribution is -2.34. The highest BCUT2D eigenvalue weighted by Gasteiger charge is 2.30. The Morgan fingerprint density at radius 3 is 1.60 bits per heavy atom. The van der Waals surface area contributed by atoms with Crippen LogP contribution >= 0.6 is 31.9 Å². The molecule has 3 aliphatic rings. The number of aromatic nitrogens is 6. The maximum absolute atomic E-state index is 13.4. The second-order valence-corrected chi connectivity index (χ2v) is 17.2. The van der Waals surface area contributed by atoms with Gasteiger partial charge in [0.05, 0.1) is 16.7 Å². The smallest absolute Gasteiger partial charge is 0.256 e. The van der Waals surface area contributed by atoms with Crippen LogP contribution in [0.15, 0.2) is 82.0 Å². The highest BCUT2D eigenvalue weighted by molar-refractivity contribution is 9.10. The third kappa shape index (κ3) is 9.06. The maximum atomic E-state index is 13.4. The molecule has 0 aliphatic carbocycles. The maximum Gasteiger partial charge on any atom is 0.256 e. The number of aryl methyl sites for hydroxylation is 3. The fraction of sp³-hybridized carbons (Fsp3) is 0.234. The van der Waals surface area contributed by atoms with E-state index in [1.54, 1.807) is 35.9 Å². The number of amides is 3. The molecular formula is C47H43Br2F4N11O3. The number of halogens is 6. The van der Waals surface area contributed by atoms with Gasteiger partial charge in [0.2, 0.25) is 0 Å². The first-order chi connectivity index (χ1) is 34.3. The summed E-state index contributed by atoms with van der Waals surface area (Å²) in [7, 11) is 5.56. The molecule has 6 aromatic heterocycles. The van der Waals surface area contributed by atoms with Crippen LogP contribution in [0, 0.1) is 23.3 Å². The summed E-state index contributed by atoms with van der Waals surface area (Å²) in [5, 5.41) is 7.94. The third-order valence-corrected chi connectivity index (χ3v) is 12.4. The monoisotopic (exact) mass is 1060 g/mol. The molecule has 2 aromatic carbocycles. The lowest BCUT2D eigenvalue weighted by atomic mass is 10.0. The minimum absolute atomic E-state index is 0.0102. The first kappa shape index (κ1) is 39.4. The van der Waals surface area contributed by atoms with E-state index in [0.717, 1.165) is 78.8 Å². The molecule has 0 fully saturated rings. The average molecular weight is 1060 g/mol. The zero-order valence-corrected chi connectivity index (χ0v) is 39.0. The molecule has 346 valence electrons. The van der Waals surface area contributed by atoms with Crippen molar-refractivity contribution in [1.82, 2.24) is 43.8 Å². The highest BCUT2D eigenvalue weighted by atomic mass is 79.9. The Hall–Kier alpha value is -6.80. The number of fused-ring (bicyclic) bond motifs is 9. The van der Waals surface area contributed by atoms with Gasteiger partial charge >= 0.3 is 0 Å². The van der Waals surface area contributed by atoms with Crippen LogP contribution in [0.25, 0.3) is 33.1 Å². The molecule has 9 heterocycles. The number of hydrogen-bond donors (Lipinski definition) is 3. The molecule has 0 bridgehead atoms. The van der Waals surface area contributed by atoms with E-state index in [4.69, 9.17) is 14.0 Å². The Labute approximate surface area is 406 Å². The van der Waals surface area contributed by atoms with Gasteiger partial charge in [-0.05, 0) is 98.6 Å². The minimum atomic E-state index is -2.50. The van der Waals surface area contributed by atoms with Gasteiger partial charge in [0.1, 0.15) is 32.0 Å². The van der Waals surface area contributed by atoms with Crippen molar-refractivity contribution in [2.75, 3.05) is 44.6 Å². The quantitative estimate of drug-likeness (QED) is 0.0885. The first-order valence-corrected chi connectivity index (χ1v) is 22.0. The van der Waals surface area contributed by atoms with Gasteiger partial charge in [-0.25, -0.2) is 32.5 Å². The molecule has 3 aliphatic heterocycles. The predicted octanol–water partition coefficient (Wildman–Crippen LogP) is 8.36. The standard InChI is InChI=1S/C18H16F2N4O.C12H12BrN3O.C11H10BrN3O.C6H5F2N/c1-23-8-7-14-16(18(23)25)11-4-6-15(22-17(11)24(14)2)21-10-3-5-12(19)13(20)9-10;1-15-6-5-8-10(12(15)17)7-3-4-9(13)14-11(7)16(8)2;1-15-7-4-5-13-11(16)9(7)6-2-3-8(12)14-10(6)15;7-5-2-1-4(9)3-6(5)8/h3-6,9H,7-8H2,1-2H3,(H,21,22);3-4H,5-6H2,1-2H3;2-3H,4-5H2,1H3,(H,13,16);1-3H,9H2/i2*1T3;;. The second kappa shape index (κ2) is 18.8. The largest absolute Gasteiger partial charge is 0.399 e. The summed E-state index contributed by atoms with van der Waals surface area (Å²) >= 11 is 6.66. The van der Waals surface area contributed by atoms with Crippen molar-refractivity contribution in [1.29, 1.82) is 0 Å². The molecule has 3 amide bonds. The highest BCUT2D eigenvalue weighted by Crippen LogP contribution is 2.32. The SMILES string of the molecule is Cn1c2c(c3ccc(Br)nc31)C(=O)NCC2.Nc1ccc(F)c(F)c1.[3H]C([3H])([3H])N1CCc2c(c3ccc(Br)nc3n2C)C1=O.[3H]C([3H])([3H])N1CCc2c(c3ccc(Nc4ccc(F)c(F)c4)nc3n2C)C1=O. The van der Waals surface area contributed by atoms with Gasteiger partial charge in [0.25, 0.3) is 17.7 Å². The van der Waals surface area contributed by atoms with Crippen LogP contribution < -0.4 is 16.4 Å². The van der Waals surface area contributed by atoms with Crippen LogP contribution in [0.4, 0.5) is 34.8 Å². The number of rotatable bonds is 2. The van der Waals surface area contributed by atoms with Crippen LogP contribution in [0.1, 0.15) is 56.4 Å². The number of carbonyl (C=O) groups excluding carboxylic acids is 3. The van der Waals surface area contributed by atoms with Crippen molar-refractivity contribution in [2.24, 2.45) is 21.1 Å². The summed E-state index contributed by atoms with van der Waals surface area (Å²) in [4.78, 5) is 52.2. The molecule has 0 radical (unpaired) electrons. The van der Waals surface area contributed by atoms with Crippen molar-refractivity contribution >= 4 is 99.9 Å². The van der Waals surface area contributed by atoms with Crippen LogP contribution in [0.3, 0.4) is 0 Å². The summed E-state index contributed by atoms with van der Waals surface area (Å²) in [6, 6.07) is 17.3. The minimum Gasteiger partial charge on any atom is -0.399 e. The summed E-state index contributed by atoms with van der Waals surface area (Å²) in [6.07, 6.45) is 1.79. The predicted molar refractivity (Wildman–Crippen MR) is 255 cm³/mol. The van der Waals surface area contributed by atoms with Crippen LogP contribution in [0.5, 0.6) is 0 Å². The molecule has 4 N–H and O–H groups in total. The lowest BCUT2D eigenvalue weighted by Gasteiger charge is -2.23. The summed E-state index contributed by atoms with van der Waals surface area (Å²) in [5.41, 5.74) is 11.9. The van der Waals surface area contributed by atoms with E-state index >= 15 is 0 Å². The number of nitrogens with two attached hydrogens (primary N) is 1. The van der Waals surface area contributed by atoms with E-state index in [1.165, 1.54) is 12.1 Å². The topological polar surface area (TPSA) is 161 Å². The van der Waals surface area contributed by atoms with E-state index in [1.807, 2.05) is 35.4 Å². The molecule has 0 unspecified atom stereocenters. The number of pyridine rings is 3. The van der Waals surface area contributed by atoms with Gasteiger partial charge in [-0.2, -0.15) is 0 Å². The van der Waals surface area contributed by atoms with Crippen LogP contribution in [-0.4, -0.2) is 89.8 Å². The molecule has 20 heteroatoms. The van der Waals surface area contributed by atoms with E-state index in [9.17, 15) is 31.9 Å². The fourth-order valence-corrected chi connectivity index (χ4v) is 8.81. The molecule has 11 rings (SSSR count). The van der Waals surface area contributed by atoms with Crippen molar-refractivity contribution in [3.8, 4) is 0 Å². The number of benzene rings is 2. The van der Waals surface area contributed by atoms with Crippen molar-refractivity contribution in [2.45, 2.75) is 19.3 Å². The summed E-state index contributed by atoms with van der Waals surface area (Å²) in [5.74, 6) is -4.29. The number of nitrogens with one attached hydrogen (secondary N) is 2. The van der Waals surface area contributed by atoms with Crippen LogP contribution in [0.2, 0.25) is 0 Å². The molecule has 14 nitrogen and oxygen atoms in total. The van der Waals surface area contributed by atoms with Gasteiger partial charge in [0.15, 0.2) is 23.3 Å². The van der Waals surface area contributed by atoms with Crippen molar-refractivity contribution in [3.63, 3.8) is 0 Å². The summed E-state index contributed by atoms with van der Waals surface area (Å²) < 4.78 is 103. The number of likely N-dealkylation sites (N-methyl/N-ethyl adjacent to an activating group) is 2. The van der Waals surface area contributed by atoms with Crippen molar-refractivity contribution < 1.29 is 40.2 Å². The van der Waals surface area contributed by atoms with Crippen molar-refractivity contribution in [3.05, 3.63) is 139 Å². The Morgan fingerprint density at radius 1 is 0.612 bits per heavy atom. The van der Waals surface area contributed by atoms with E-state index in [0.29, 0.717) is 68.7 Å². The molecule has 8 aromatic rings. The Balaban J connectivity index is 0.000000139. The average Bonchev–Trinajstić information content (AvgIpc) is 3.90. The van der Waals surface area contributed by atoms with Gasteiger partial charge in [0, 0.05) is 133 Å². The Kier molecular flexibility index (Phi) is 11.1. The normalized spacial score (nSPS) is 15.7. The third-order valence-electron chi connectivity index (χ3n) is 11.5. The Morgan fingerprint density at radius 2 is 1.09 bits per heavy atom. The first-order valence-electron chi connectivity index (χ1n) is 23.5. The van der Waals surface area contributed by atoms with E-state index in [2.05, 4.69) is 57.4 Å². The van der Waals surface area contributed by atoms with Gasteiger partial charge in [-0.3, -0.25) is 14.4 Å². The number of nitrogen functional groups attached to an aromatic ring is 1. The molecule has 0 atom stereocenters. The molecule has 0 spiro atoms. The van der Waals surface area contributed by atoms with E-state index < -0.39 is 49.0 Å². The van der Waals surface area contributed by atoms with E-state index in [-0.39, 0.29) is 24.7 Å².